The van der Waals surface area contributed by atoms with Crippen LogP contribution in [0.2, 0.25) is 0 Å². The minimum absolute atomic E-state index is 0.0102. The lowest BCUT2D eigenvalue weighted by molar-refractivity contribution is 0.0956. The summed E-state index contributed by atoms with van der Waals surface area (Å²) in [5.41, 5.74) is 0. The summed E-state index contributed by atoms with van der Waals surface area (Å²) in [4.78, 5) is 15.8. The minimum atomic E-state index is -1.06. The van der Waals surface area contributed by atoms with Crippen molar-refractivity contribution in [2.24, 2.45) is 5.92 Å². The highest BCUT2D eigenvalue weighted by Gasteiger charge is 2.38. The molecule has 16 heavy (non-hydrogen) atoms. The lowest BCUT2D eigenvalue weighted by Crippen LogP contribution is -2.08. The van der Waals surface area contributed by atoms with Crippen LogP contribution in [0.25, 0.3) is 0 Å². The Bertz CT molecular complexity index is 438. The van der Waals surface area contributed by atoms with Gasteiger partial charge in [-0.3, -0.25) is 4.79 Å². The smallest absolute Gasteiger partial charge is 0.217 e. The molecule has 1 aliphatic heterocycles. The van der Waals surface area contributed by atoms with E-state index in [0.717, 1.165) is 19.3 Å². The van der Waals surface area contributed by atoms with E-state index >= 15 is 0 Å². The van der Waals surface area contributed by atoms with Crippen LogP contribution in [0.5, 0.6) is 0 Å². The van der Waals surface area contributed by atoms with E-state index < -0.39 is 6.17 Å². The van der Waals surface area contributed by atoms with E-state index in [-0.39, 0.29) is 23.6 Å². The number of alkyl halides is 1. The van der Waals surface area contributed by atoms with Gasteiger partial charge in [-0.1, -0.05) is 6.92 Å². The van der Waals surface area contributed by atoms with Crippen molar-refractivity contribution in [1.29, 1.82) is 0 Å². The fraction of sp³-hybridized carbons (Fsp3) is 0.727. The summed E-state index contributed by atoms with van der Waals surface area (Å²) in [6.45, 7) is 2.00. The lowest BCUT2D eigenvalue weighted by atomic mass is 10.1. The predicted octanol–water partition coefficient (Wildman–Crippen LogP) is 2.24. The molecule has 1 fully saturated rings. The maximum absolute atomic E-state index is 13.6. The number of halogens is 1. The highest BCUT2D eigenvalue weighted by molar-refractivity contribution is 5.95. The Hall–Kier alpha value is -1.26. The Labute approximate surface area is 92.9 Å². The van der Waals surface area contributed by atoms with Gasteiger partial charge in [-0.05, 0) is 19.3 Å². The van der Waals surface area contributed by atoms with Crippen LogP contribution in [0.4, 0.5) is 4.39 Å². The van der Waals surface area contributed by atoms with Gasteiger partial charge >= 0.3 is 0 Å². The number of hydrogen-bond acceptors (Lipinski definition) is 3. The molecule has 2 aliphatic rings. The molecule has 1 aromatic rings. The largest absolute Gasteiger partial charge is 0.290 e. The number of aromatic nitrogens is 3. The highest BCUT2D eigenvalue weighted by atomic mass is 19.1. The van der Waals surface area contributed by atoms with Gasteiger partial charge in [0.1, 0.15) is 0 Å². The maximum Gasteiger partial charge on any atom is 0.217 e. The number of fused-ring (bicyclic) bond motifs is 1. The second-order valence-electron chi connectivity index (χ2n) is 4.64. The monoisotopic (exact) mass is 223 g/mol. The van der Waals surface area contributed by atoms with Crippen molar-refractivity contribution in [3.8, 4) is 0 Å². The summed E-state index contributed by atoms with van der Waals surface area (Å²) in [5, 5.41) is 4.17. The second kappa shape index (κ2) is 3.37. The first-order valence-corrected chi connectivity index (χ1v) is 5.85. The number of ketones is 1. The molecular formula is C11H14FN3O. The molecule has 0 spiro atoms. The molecule has 0 saturated heterocycles. The average Bonchev–Trinajstić information content (AvgIpc) is 2.96. The van der Waals surface area contributed by atoms with Crippen LogP contribution < -0.4 is 0 Å². The predicted molar refractivity (Wildman–Crippen MR) is 54.9 cm³/mol. The van der Waals surface area contributed by atoms with E-state index in [0.29, 0.717) is 12.2 Å². The molecule has 3 rings (SSSR count). The molecular weight excluding hydrogens is 209 g/mol. The SMILES string of the molecule is CCC1CC(F)c2nc(C(=O)C3CC3)nn21. The van der Waals surface area contributed by atoms with Crippen LogP contribution >= 0.6 is 0 Å². The van der Waals surface area contributed by atoms with Crippen molar-refractivity contribution in [3.63, 3.8) is 0 Å². The third-order valence-corrected chi connectivity index (χ3v) is 3.40. The average molecular weight is 223 g/mol. The maximum atomic E-state index is 13.6. The summed E-state index contributed by atoms with van der Waals surface area (Å²) in [7, 11) is 0. The lowest BCUT2D eigenvalue weighted by Gasteiger charge is -2.06. The molecule has 1 aromatic heterocycles. The summed E-state index contributed by atoms with van der Waals surface area (Å²) >= 11 is 0. The molecule has 1 saturated carbocycles. The number of Topliss-reactive ketones (excluding diaryl/α,β-unsaturated/α-hetero) is 1. The van der Waals surface area contributed by atoms with E-state index in [9.17, 15) is 9.18 Å². The summed E-state index contributed by atoms with van der Waals surface area (Å²) in [6, 6.07) is 0.0678. The van der Waals surface area contributed by atoms with Crippen LogP contribution in [0.3, 0.4) is 0 Å². The van der Waals surface area contributed by atoms with Gasteiger partial charge in [-0.2, -0.15) is 0 Å². The number of carbonyl (C=O) groups excluding carboxylic acids is 1. The van der Waals surface area contributed by atoms with Crippen LogP contribution in [-0.2, 0) is 0 Å². The van der Waals surface area contributed by atoms with Gasteiger partial charge in [0.25, 0.3) is 0 Å². The van der Waals surface area contributed by atoms with E-state index in [1.807, 2.05) is 6.92 Å². The number of hydrogen-bond donors (Lipinski definition) is 0. The minimum Gasteiger partial charge on any atom is -0.290 e. The Kier molecular flexibility index (Phi) is 2.09. The molecule has 0 amide bonds. The van der Waals surface area contributed by atoms with Crippen LogP contribution in [-0.4, -0.2) is 20.5 Å². The number of carbonyl (C=O) groups is 1. The fourth-order valence-electron chi connectivity index (χ4n) is 2.23. The summed E-state index contributed by atoms with van der Waals surface area (Å²) in [6.07, 6.45) is 2.08. The summed E-state index contributed by atoms with van der Waals surface area (Å²) in [5.74, 6) is 0.652. The highest BCUT2D eigenvalue weighted by Crippen LogP contribution is 2.38. The molecule has 2 heterocycles. The van der Waals surface area contributed by atoms with Gasteiger partial charge < -0.3 is 0 Å². The number of nitrogens with zero attached hydrogens (tertiary/aromatic N) is 3. The van der Waals surface area contributed by atoms with Crippen molar-refractivity contribution >= 4 is 5.78 Å². The van der Waals surface area contributed by atoms with E-state index in [1.165, 1.54) is 0 Å². The molecule has 5 heteroatoms. The first kappa shape index (κ1) is 9.93. The van der Waals surface area contributed by atoms with E-state index in [1.54, 1.807) is 4.68 Å². The molecule has 0 radical (unpaired) electrons. The molecule has 1 aliphatic carbocycles. The standard InChI is InChI=1S/C11H14FN3O/c1-2-7-5-8(12)11-13-10(14-15(7)11)9(16)6-3-4-6/h6-8H,2-5H2,1H3. The second-order valence-corrected chi connectivity index (χ2v) is 4.64. The first-order chi connectivity index (χ1) is 7.70. The number of rotatable bonds is 3. The third-order valence-electron chi connectivity index (χ3n) is 3.40. The van der Waals surface area contributed by atoms with Gasteiger partial charge in [0, 0.05) is 12.3 Å². The van der Waals surface area contributed by atoms with Gasteiger partial charge in [0.2, 0.25) is 11.6 Å². The molecule has 2 atom stereocenters. The molecule has 2 unspecified atom stereocenters. The van der Waals surface area contributed by atoms with E-state index in [2.05, 4.69) is 10.1 Å². The van der Waals surface area contributed by atoms with Gasteiger partial charge in [-0.25, -0.2) is 14.1 Å². The van der Waals surface area contributed by atoms with Crippen molar-refractivity contribution in [2.45, 2.75) is 44.8 Å². The molecule has 0 bridgehead atoms. The third kappa shape index (κ3) is 1.37. The van der Waals surface area contributed by atoms with Gasteiger partial charge in [-0.15, -0.1) is 5.10 Å². The quantitative estimate of drug-likeness (QED) is 0.738. The molecule has 86 valence electrons. The fourth-order valence-corrected chi connectivity index (χ4v) is 2.23. The summed E-state index contributed by atoms with van der Waals surface area (Å²) < 4.78 is 15.2. The zero-order valence-electron chi connectivity index (χ0n) is 9.19. The Balaban J connectivity index is 1.93. The first-order valence-electron chi connectivity index (χ1n) is 5.85. The normalized spacial score (nSPS) is 28.1. The zero-order valence-corrected chi connectivity index (χ0v) is 9.19. The Morgan fingerprint density at radius 3 is 2.94 bits per heavy atom. The zero-order chi connectivity index (χ0) is 11.3. The van der Waals surface area contributed by atoms with Crippen LogP contribution in [0.15, 0.2) is 0 Å². The van der Waals surface area contributed by atoms with Crippen LogP contribution in [0, 0.1) is 5.92 Å². The van der Waals surface area contributed by atoms with Crippen molar-refractivity contribution in [1.82, 2.24) is 14.8 Å². The van der Waals surface area contributed by atoms with Crippen molar-refractivity contribution in [3.05, 3.63) is 11.6 Å². The topological polar surface area (TPSA) is 47.8 Å². The van der Waals surface area contributed by atoms with Crippen LogP contribution in [0.1, 0.15) is 61.3 Å². The van der Waals surface area contributed by atoms with Gasteiger partial charge in [0.15, 0.2) is 12.0 Å². The Morgan fingerprint density at radius 1 is 1.56 bits per heavy atom. The van der Waals surface area contributed by atoms with Crippen molar-refractivity contribution < 1.29 is 9.18 Å². The molecule has 0 aromatic carbocycles. The Morgan fingerprint density at radius 2 is 2.31 bits per heavy atom. The van der Waals surface area contributed by atoms with Crippen molar-refractivity contribution in [2.75, 3.05) is 0 Å². The van der Waals surface area contributed by atoms with Gasteiger partial charge in [0.05, 0.1) is 6.04 Å². The molecule has 4 nitrogen and oxygen atoms in total. The molecule has 0 N–H and O–H groups in total. The van der Waals surface area contributed by atoms with E-state index in [4.69, 9.17) is 0 Å².